The molecule has 0 aliphatic rings. The van der Waals surface area contributed by atoms with E-state index in [1.54, 1.807) is 35.6 Å². The van der Waals surface area contributed by atoms with E-state index in [1.165, 1.54) is 6.92 Å². The van der Waals surface area contributed by atoms with Gasteiger partial charge in [-0.3, -0.25) is 10.1 Å². The van der Waals surface area contributed by atoms with Crippen LogP contribution < -0.4 is 10.6 Å². The number of ether oxygens (including phenoxy) is 1. The first-order valence-corrected chi connectivity index (χ1v) is 7.14. The quantitative estimate of drug-likeness (QED) is 0.571. The summed E-state index contributed by atoms with van der Waals surface area (Å²) in [6, 6.07) is 8.87. The van der Waals surface area contributed by atoms with Gasteiger partial charge in [0.1, 0.15) is 0 Å². The van der Waals surface area contributed by atoms with Gasteiger partial charge in [-0.1, -0.05) is 30.3 Å². The van der Waals surface area contributed by atoms with Gasteiger partial charge < -0.3 is 10.1 Å². The second-order valence-corrected chi connectivity index (χ2v) is 4.94. The first kappa shape index (κ1) is 19.0. The lowest BCUT2D eigenvalue weighted by Gasteiger charge is -2.31. The molecule has 0 spiro atoms. The van der Waals surface area contributed by atoms with E-state index in [4.69, 9.17) is 0 Å². The van der Waals surface area contributed by atoms with Crippen molar-refractivity contribution in [1.29, 1.82) is 0 Å². The fourth-order valence-electron chi connectivity index (χ4n) is 2.11. The normalized spacial score (nSPS) is 14.0. The zero-order valence-electron chi connectivity index (χ0n) is 12.9. The Balaban J connectivity index is 2.96. The van der Waals surface area contributed by atoms with Crippen LogP contribution in [-0.2, 0) is 20.7 Å². The molecule has 0 aliphatic carbocycles. The van der Waals surface area contributed by atoms with Crippen LogP contribution in [0.5, 0.6) is 0 Å². The Labute approximate surface area is 132 Å². The number of hydrogen-bond acceptors (Lipinski definition) is 3. The number of halogens is 3. The molecule has 8 heteroatoms. The first-order valence-electron chi connectivity index (χ1n) is 7.14. The molecule has 1 rings (SSSR count). The van der Waals surface area contributed by atoms with Crippen molar-refractivity contribution < 1.29 is 32.8 Å². The molecule has 0 saturated carbocycles. The molecule has 128 valence electrons. The molecule has 3 N–H and O–H groups in total. The smallest absolute Gasteiger partial charge is 0.460 e. The summed E-state index contributed by atoms with van der Waals surface area (Å²) in [4.78, 5) is 23.1. The molecule has 0 aromatic heterocycles. The number of benzene rings is 1. The molecule has 1 aromatic carbocycles. The molecule has 0 heterocycles. The van der Waals surface area contributed by atoms with Gasteiger partial charge in [0.25, 0.3) is 0 Å². The minimum Gasteiger partial charge on any atom is -0.460 e. The van der Waals surface area contributed by atoms with Crippen LogP contribution >= 0.6 is 0 Å². The van der Waals surface area contributed by atoms with Gasteiger partial charge in [0.2, 0.25) is 5.91 Å². The number of quaternary nitrogens is 1. The lowest BCUT2D eigenvalue weighted by Crippen LogP contribution is -3.07. The predicted molar refractivity (Wildman–Crippen MR) is 76.2 cm³/mol. The summed E-state index contributed by atoms with van der Waals surface area (Å²) in [5, 5.41) is 2.47. The van der Waals surface area contributed by atoms with E-state index >= 15 is 0 Å². The maximum atomic E-state index is 13.5. The van der Waals surface area contributed by atoms with E-state index in [9.17, 15) is 22.8 Å². The molecule has 0 bridgehead atoms. The molecule has 1 atom stereocenters. The van der Waals surface area contributed by atoms with Crippen LogP contribution in [-0.4, -0.2) is 36.9 Å². The molecule has 0 saturated heterocycles. The number of nitrogens with two attached hydrogens (primary N) is 1. The second-order valence-electron chi connectivity index (χ2n) is 4.94. The van der Waals surface area contributed by atoms with Crippen LogP contribution in [0, 0.1) is 0 Å². The lowest BCUT2D eigenvalue weighted by atomic mass is 10.1. The van der Waals surface area contributed by atoms with E-state index in [-0.39, 0.29) is 13.2 Å². The van der Waals surface area contributed by atoms with Gasteiger partial charge in [0, 0.05) is 13.3 Å². The minimum absolute atomic E-state index is 0.0530. The summed E-state index contributed by atoms with van der Waals surface area (Å²) in [5.41, 5.74) is -2.31. The molecule has 0 aliphatic heterocycles. The van der Waals surface area contributed by atoms with Crippen molar-refractivity contribution in [1.82, 2.24) is 5.32 Å². The van der Waals surface area contributed by atoms with Gasteiger partial charge in [-0.05, 0) is 12.5 Å². The number of nitrogens with one attached hydrogen (secondary N) is 1. The van der Waals surface area contributed by atoms with Crippen molar-refractivity contribution in [3.05, 3.63) is 35.9 Å². The number of carbonyl (C=O) groups is 2. The Hall–Kier alpha value is -2.09. The second kappa shape index (κ2) is 7.96. The van der Waals surface area contributed by atoms with Crippen LogP contribution in [0.1, 0.15) is 19.4 Å². The van der Waals surface area contributed by atoms with Crippen LogP contribution in [0.3, 0.4) is 0 Å². The number of hydrogen-bond donors (Lipinski definition) is 2. The number of carbonyl (C=O) groups excluding carboxylic acids is 2. The van der Waals surface area contributed by atoms with Gasteiger partial charge in [-0.15, -0.1) is 0 Å². The van der Waals surface area contributed by atoms with Gasteiger partial charge >= 0.3 is 17.8 Å². The fraction of sp³-hybridized carbons (Fsp3) is 0.467. The van der Waals surface area contributed by atoms with E-state index in [1.807, 2.05) is 0 Å². The number of esters is 1. The monoisotopic (exact) mass is 333 g/mol. The summed E-state index contributed by atoms with van der Waals surface area (Å²) in [7, 11) is 0. The highest BCUT2D eigenvalue weighted by atomic mass is 19.4. The highest BCUT2D eigenvalue weighted by Gasteiger charge is 2.67. The third kappa shape index (κ3) is 4.95. The summed E-state index contributed by atoms with van der Waals surface area (Å²) in [6.45, 7) is 2.05. The molecule has 23 heavy (non-hydrogen) atoms. The maximum absolute atomic E-state index is 13.5. The van der Waals surface area contributed by atoms with Crippen LogP contribution in [0.4, 0.5) is 13.2 Å². The number of alkyl halides is 3. The molecule has 5 nitrogen and oxygen atoms in total. The van der Waals surface area contributed by atoms with Crippen LogP contribution in [0.15, 0.2) is 30.3 Å². The summed E-state index contributed by atoms with van der Waals surface area (Å²) < 4.78 is 45.0. The van der Waals surface area contributed by atoms with Crippen molar-refractivity contribution in [2.45, 2.75) is 32.1 Å². The van der Waals surface area contributed by atoms with Gasteiger partial charge in [-0.25, -0.2) is 4.79 Å². The van der Waals surface area contributed by atoms with E-state index in [0.717, 1.165) is 17.8 Å². The Kier molecular flexibility index (Phi) is 6.56. The van der Waals surface area contributed by atoms with E-state index < -0.39 is 23.7 Å². The predicted octanol–water partition coefficient (Wildman–Crippen LogP) is 0.750. The highest BCUT2D eigenvalue weighted by molar-refractivity contribution is 5.86. The Morgan fingerprint density at radius 3 is 2.30 bits per heavy atom. The Morgan fingerprint density at radius 2 is 1.83 bits per heavy atom. The molecule has 0 radical (unpaired) electrons. The van der Waals surface area contributed by atoms with Crippen LogP contribution in [0.2, 0.25) is 0 Å². The first-order chi connectivity index (χ1) is 10.7. The van der Waals surface area contributed by atoms with Gasteiger partial charge in [-0.2, -0.15) is 13.2 Å². The summed E-state index contributed by atoms with van der Waals surface area (Å²) in [5.74, 6) is -2.50. The maximum Gasteiger partial charge on any atom is 0.478 e. The third-order valence-corrected chi connectivity index (χ3v) is 3.14. The average Bonchev–Trinajstić information content (AvgIpc) is 2.45. The zero-order chi connectivity index (χ0) is 17.5. The molecule has 1 aromatic rings. The lowest BCUT2D eigenvalue weighted by molar-refractivity contribution is -0.743. The van der Waals surface area contributed by atoms with E-state index in [0.29, 0.717) is 6.42 Å². The SMILES string of the molecule is CCOC(=O)[C@](NC(C)=O)([NH2+]CCc1ccccc1)C(F)(F)F. The van der Waals surface area contributed by atoms with E-state index in [2.05, 4.69) is 4.74 Å². The van der Waals surface area contributed by atoms with Crippen molar-refractivity contribution in [3.8, 4) is 0 Å². The summed E-state index contributed by atoms with van der Waals surface area (Å²) in [6.07, 6.45) is -4.70. The fourth-order valence-corrected chi connectivity index (χ4v) is 2.11. The molecule has 0 unspecified atom stereocenters. The molecular formula is C15H20F3N2O3+. The standard InChI is InChI=1S/C15H19F3N2O3/c1-3-23-13(22)14(15(16,17)18,20-11(2)21)19-10-9-12-7-5-4-6-8-12/h4-8,19H,3,9-10H2,1-2H3,(H,20,21)/p+1/t14-/m1/s1. The number of amides is 1. The molecule has 0 fully saturated rings. The van der Waals surface area contributed by atoms with Crippen molar-refractivity contribution in [2.75, 3.05) is 13.2 Å². The highest BCUT2D eigenvalue weighted by Crippen LogP contribution is 2.26. The third-order valence-electron chi connectivity index (χ3n) is 3.14. The van der Waals surface area contributed by atoms with Gasteiger partial charge in [0.05, 0.1) is 13.2 Å². The largest absolute Gasteiger partial charge is 0.478 e. The zero-order valence-corrected chi connectivity index (χ0v) is 12.9. The van der Waals surface area contributed by atoms with Crippen molar-refractivity contribution in [3.63, 3.8) is 0 Å². The van der Waals surface area contributed by atoms with Crippen molar-refractivity contribution >= 4 is 11.9 Å². The molecular weight excluding hydrogens is 313 g/mol. The minimum atomic E-state index is -5.00. The van der Waals surface area contributed by atoms with Crippen molar-refractivity contribution in [2.24, 2.45) is 0 Å². The van der Waals surface area contributed by atoms with Crippen LogP contribution in [0.25, 0.3) is 0 Å². The molecule has 1 amide bonds. The topological polar surface area (TPSA) is 72.0 Å². The Bertz CT molecular complexity index is 535. The van der Waals surface area contributed by atoms with Gasteiger partial charge in [0.15, 0.2) is 0 Å². The summed E-state index contributed by atoms with van der Waals surface area (Å²) >= 11 is 0. The Morgan fingerprint density at radius 1 is 1.22 bits per heavy atom. The number of rotatable bonds is 7. The average molecular weight is 333 g/mol.